The number of rotatable bonds is 4. The Morgan fingerprint density at radius 2 is 1.69 bits per heavy atom. The highest BCUT2D eigenvalue weighted by Gasteiger charge is 2.39. The summed E-state index contributed by atoms with van der Waals surface area (Å²) in [7, 11) is -4.00. The average Bonchev–Trinajstić information content (AvgIpc) is 2.84. The number of carbonyl (C=O) groups excluding carboxylic acids is 2. The van der Waals surface area contributed by atoms with Gasteiger partial charge in [0.25, 0.3) is 15.9 Å². The number of nitrogens with one attached hydrogen (secondary N) is 1. The lowest BCUT2D eigenvalue weighted by molar-refractivity contribution is -0.139. The average molecular weight is 530 g/mol. The first-order chi connectivity index (χ1) is 16.7. The lowest BCUT2D eigenvalue weighted by Crippen LogP contribution is -2.55. The van der Waals surface area contributed by atoms with Crippen molar-refractivity contribution in [2.45, 2.75) is 17.4 Å². The highest BCUT2D eigenvalue weighted by atomic mass is 35.5. The van der Waals surface area contributed by atoms with Crippen LogP contribution in [0.3, 0.4) is 0 Å². The molecule has 0 saturated carbocycles. The van der Waals surface area contributed by atoms with Crippen molar-refractivity contribution in [1.82, 2.24) is 9.80 Å². The molecule has 2 aliphatic heterocycles. The van der Waals surface area contributed by atoms with Crippen LogP contribution in [0.25, 0.3) is 0 Å². The van der Waals surface area contributed by atoms with Crippen molar-refractivity contribution in [3.05, 3.63) is 93.5 Å². The molecule has 2 heterocycles. The number of hydrogen-bond acceptors (Lipinski definition) is 4. The van der Waals surface area contributed by atoms with Gasteiger partial charge in [-0.25, -0.2) is 8.42 Å². The zero-order valence-corrected chi connectivity index (χ0v) is 20.8. The number of sulfonamides is 1. The summed E-state index contributed by atoms with van der Waals surface area (Å²) in [5.41, 5.74) is 2.34. The molecule has 1 saturated heterocycles. The summed E-state index contributed by atoms with van der Waals surface area (Å²) < 4.78 is 28.4. The van der Waals surface area contributed by atoms with E-state index in [1.165, 1.54) is 47.4 Å². The summed E-state index contributed by atoms with van der Waals surface area (Å²) in [5, 5.41) is 0.676. The molecule has 1 unspecified atom stereocenters. The molecular formula is C25H21Cl2N3O4S. The van der Waals surface area contributed by atoms with Crippen molar-refractivity contribution < 1.29 is 18.0 Å². The zero-order valence-electron chi connectivity index (χ0n) is 18.4. The minimum atomic E-state index is -4.00. The summed E-state index contributed by atoms with van der Waals surface area (Å²) >= 11 is 12.0. The zero-order chi connectivity index (χ0) is 24.7. The van der Waals surface area contributed by atoms with Gasteiger partial charge >= 0.3 is 0 Å². The number of anilines is 1. The van der Waals surface area contributed by atoms with E-state index in [0.717, 1.165) is 17.5 Å². The van der Waals surface area contributed by atoms with Crippen molar-refractivity contribution in [2.75, 3.05) is 24.4 Å². The summed E-state index contributed by atoms with van der Waals surface area (Å²) in [5.74, 6) is -0.619. The lowest BCUT2D eigenvalue weighted by Gasteiger charge is -2.44. The largest absolute Gasteiger partial charge is 0.332 e. The fourth-order valence-corrected chi connectivity index (χ4v) is 5.98. The Morgan fingerprint density at radius 3 is 2.46 bits per heavy atom. The number of halogens is 2. The van der Waals surface area contributed by atoms with Gasteiger partial charge in [0, 0.05) is 23.1 Å². The van der Waals surface area contributed by atoms with Gasteiger partial charge in [-0.3, -0.25) is 14.3 Å². The predicted molar refractivity (Wildman–Crippen MR) is 134 cm³/mol. The normalized spacial score (nSPS) is 17.5. The molecule has 3 aromatic carbocycles. The Morgan fingerprint density at radius 1 is 0.971 bits per heavy atom. The van der Waals surface area contributed by atoms with E-state index in [2.05, 4.69) is 4.72 Å². The maximum absolute atomic E-state index is 13.6. The topological polar surface area (TPSA) is 86.8 Å². The van der Waals surface area contributed by atoms with Crippen molar-refractivity contribution in [2.24, 2.45) is 0 Å². The van der Waals surface area contributed by atoms with Gasteiger partial charge in [-0.2, -0.15) is 0 Å². The van der Waals surface area contributed by atoms with Crippen LogP contribution in [-0.4, -0.2) is 49.7 Å². The van der Waals surface area contributed by atoms with Gasteiger partial charge in [0.2, 0.25) is 5.91 Å². The van der Waals surface area contributed by atoms with Crippen LogP contribution in [-0.2, 0) is 21.2 Å². The monoisotopic (exact) mass is 529 g/mol. The molecule has 1 fully saturated rings. The third kappa shape index (κ3) is 4.61. The van der Waals surface area contributed by atoms with Gasteiger partial charge in [0.15, 0.2) is 0 Å². The smallest absolute Gasteiger partial charge is 0.261 e. The maximum atomic E-state index is 13.6. The summed E-state index contributed by atoms with van der Waals surface area (Å²) in [6, 6.07) is 17.7. The van der Waals surface area contributed by atoms with E-state index in [1.807, 2.05) is 29.2 Å². The van der Waals surface area contributed by atoms with Gasteiger partial charge in [-0.15, -0.1) is 0 Å². The van der Waals surface area contributed by atoms with Crippen molar-refractivity contribution in [3.63, 3.8) is 0 Å². The first-order valence-electron chi connectivity index (χ1n) is 11.0. The molecule has 0 bridgehead atoms. The molecule has 10 heteroatoms. The second-order valence-corrected chi connectivity index (χ2v) is 11.0. The second kappa shape index (κ2) is 9.18. The quantitative estimate of drug-likeness (QED) is 0.543. The Bertz CT molecular complexity index is 1430. The number of nitrogens with zero attached hydrogens (tertiary/aromatic N) is 2. The van der Waals surface area contributed by atoms with Crippen molar-refractivity contribution in [3.8, 4) is 0 Å². The Labute approximate surface area is 213 Å². The molecule has 0 spiro atoms. The maximum Gasteiger partial charge on any atom is 0.261 e. The molecule has 5 rings (SSSR count). The fourth-order valence-electron chi connectivity index (χ4n) is 4.60. The van der Waals surface area contributed by atoms with Gasteiger partial charge in [-0.05, 0) is 60.0 Å². The van der Waals surface area contributed by atoms with Crippen molar-refractivity contribution in [1.29, 1.82) is 0 Å². The van der Waals surface area contributed by atoms with E-state index < -0.39 is 15.9 Å². The van der Waals surface area contributed by atoms with Gasteiger partial charge in [0.05, 0.1) is 22.2 Å². The molecule has 0 aromatic heterocycles. The van der Waals surface area contributed by atoms with Crippen LogP contribution in [0.2, 0.25) is 10.0 Å². The van der Waals surface area contributed by atoms with E-state index in [1.54, 1.807) is 0 Å². The van der Waals surface area contributed by atoms with Crippen LogP contribution in [0.5, 0.6) is 0 Å². The van der Waals surface area contributed by atoms with Gasteiger partial charge in [0.1, 0.15) is 6.54 Å². The van der Waals surface area contributed by atoms with E-state index in [4.69, 9.17) is 23.2 Å². The molecule has 35 heavy (non-hydrogen) atoms. The van der Waals surface area contributed by atoms with Crippen molar-refractivity contribution >= 4 is 50.7 Å². The third-order valence-corrected chi connectivity index (χ3v) is 8.19. The number of amides is 2. The number of hydrogen-bond donors (Lipinski definition) is 1. The molecule has 7 nitrogen and oxygen atoms in total. The number of fused-ring (bicyclic) bond motifs is 3. The molecule has 180 valence electrons. The molecule has 0 radical (unpaired) electrons. The van der Waals surface area contributed by atoms with Crippen LogP contribution in [0, 0.1) is 0 Å². The second-order valence-electron chi connectivity index (χ2n) is 8.49. The number of piperazine rings is 1. The van der Waals surface area contributed by atoms with Crippen LogP contribution in [0.1, 0.15) is 27.5 Å². The van der Waals surface area contributed by atoms with Crippen LogP contribution in [0.4, 0.5) is 5.69 Å². The molecule has 1 N–H and O–H groups in total. The van der Waals surface area contributed by atoms with Gasteiger partial charge in [-0.1, -0.05) is 47.5 Å². The molecule has 1 atom stereocenters. The van der Waals surface area contributed by atoms with Crippen LogP contribution in [0.15, 0.2) is 71.6 Å². The molecule has 3 aromatic rings. The Hall–Kier alpha value is -3.07. The minimum Gasteiger partial charge on any atom is -0.332 e. The summed E-state index contributed by atoms with van der Waals surface area (Å²) in [6.45, 7) is 0.816. The van der Waals surface area contributed by atoms with Gasteiger partial charge < -0.3 is 9.80 Å². The molecular weight excluding hydrogens is 509 g/mol. The van der Waals surface area contributed by atoms with E-state index in [9.17, 15) is 18.0 Å². The highest BCUT2D eigenvalue weighted by molar-refractivity contribution is 7.92. The first kappa shape index (κ1) is 23.7. The van der Waals surface area contributed by atoms with Crippen LogP contribution >= 0.6 is 23.2 Å². The van der Waals surface area contributed by atoms with E-state index in [0.29, 0.717) is 18.1 Å². The standard InChI is InChI=1S/C25H21Cl2N3O4S/c26-17-5-8-19(9-6-17)35(33,34)28-22-10-7-18(27)13-21(22)25(32)29-14-23-20-4-2-1-3-16(20)11-12-30(23)24(31)15-29/h1-10,13,23,28H,11-12,14-15H2. The van der Waals surface area contributed by atoms with E-state index >= 15 is 0 Å². The first-order valence-corrected chi connectivity index (χ1v) is 13.2. The molecule has 2 amide bonds. The highest BCUT2D eigenvalue weighted by Crippen LogP contribution is 2.34. The molecule has 0 aliphatic carbocycles. The summed E-state index contributed by atoms with van der Waals surface area (Å²) in [4.78, 5) is 29.8. The van der Waals surface area contributed by atoms with Crippen LogP contribution < -0.4 is 4.72 Å². The summed E-state index contributed by atoms with van der Waals surface area (Å²) in [6.07, 6.45) is 0.775. The minimum absolute atomic E-state index is 0.00199. The number of benzene rings is 3. The Balaban J connectivity index is 1.46. The lowest BCUT2D eigenvalue weighted by atomic mass is 9.90. The third-order valence-electron chi connectivity index (χ3n) is 6.32. The SMILES string of the molecule is O=C(c1cc(Cl)ccc1NS(=O)(=O)c1ccc(Cl)cc1)N1CC(=O)N2CCc3ccccc3C2C1. The van der Waals surface area contributed by atoms with E-state index in [-0.39, 0.29) is 39.7 Å². The number of carbonyl (C=O) groups is 2. The Kier molecular flexibility index (Phi) is 6.21. The fraction of sp³-hybridized carbons (Fsp3) is 0.200. The predicted octanol–water partition coefficient (Wildman–Crippen LogP) is 4.38. The molecule has 2 aliphatic rings.